The summed E-state index contributed by atoms with van der Waals surface area (Å²) in [6, 6.07) is 19.1. The van der Waals surface area contributed by atoms with E-state index in [-0.39, 0.29) is 12.6 Å². The van der Waals surface area contributed by atoms with Gasteiger partial charge in [-0.2, -0.15) is 0 Å². The number of carbonyl (C=O) groups is 1. The Morgan fingerprint density at radius 2 is 1.57 bits per heavy atom. The highest BCUT2D eigenvalue weighted by Crippen LogP contribution is 2.03. The zero-order valence-electron chi connectivity index (χ0n) is 13.0. The summed E-state index contributed by atoms with van der Waals surface area (Å²) in [7, 11) is 0. The molecule has 0 radical (unpaired) electrons. The number of ether oxygens (including phenoxy) is 2. The van der Waals surface area contributed by atoms with Crippen LogP contribution in [0.15, 0.2) is 73.3 Å². The van der Waals surface area contributed by atoms with Crippen molar-refractivity contribution in [2.45, 2.75) is 19.3 Å². The largest absolute Gasteiger partial charge is 0.445 e. The van der Waals surface area contributed by atoms with Crippen LogP contribution in [-0.4, -0.2) is 18.7 Å². The van der Waals surface area contributed by atoms with Crippen molar-refractivity contribution < 1.29 is 14.3 Å². The SMILES string of the molecule is C=C[C@@H](COCc1ccccc1)NC(=O)OCc1ccccc1. The van der Waals surface area contributed by atoms with Crippen molar-refractivity contribution in [1.82, 2.24) is 5.32 Å². The second kappa shape index (κ2) is 9.43. The van der Waals surface area contributed by atoms with Gasteiger partial charge in [-0.3, -0.25) is 0 Å². The lowest BCUT2D eigenvalue weighted by Gasteiger charge is -2.15. The molecule has 0 saturated carbocycles. The molecule has 2 aromatic carbocycles. The molecule has 120 valence electrons. The molecule has 1 amide bonds. The van der Waals surface area contributed by atoms with Crippen LogP contribution in [0.25, 0.3) is 0 Å². The molecular weight excluding hydrogens is 290 g/mol. The summed E-state index contributed by atoms with van der Waals surface area (Å²) < 4.78 is 10.8. The van der Waals surface area contributed by atoms with E-state index in [4.69, 9.17) is 9.47 Å². The van der Waals surface area contributed by atoms with E-state index in [1.54, 1.807) is 6.08 Å². The summed E-state index contributed by atoms with van der Waals surface area (Å²) in [5, 5.41) is 2.72. The fourth-order valence-corrected chi connectivity index (χ4v) is 1.96. The van der Waals surface area contributed by atoms with E-state index in [1.807, 2.05) is 60.7 Å². The highest BCUT2D eigenvalue weighted by molar-refractivity contribution is 5.67. The minimum atomic E-state index is -0.484. The highest BCUT2D eigenvalue weighted by Gasteiger charge is 2.10. The van der Waals surface area contributed by atoms with Gasteiger partial charge >= 0.3 is 6.09 Å². The molecule has 0 bridgehead atoms. The third kappa shape index (κ3) is 6.36. The van der Waals surface area contributed by atoms with Gasteiger partial charge in [0.2, 0.25) is 0 Å². The quantitative estimate of drug-likeness (QED) is 0.756. The van der Waals surface area contributed by atoms with E-state index < -0.39 is 6.09 Å². The van der Waals surface area contributed by atoms with E-state index in [1.165, 1.54) is 0 Å². The Morgan fingerprint density at radius 3 is 2.13 bits per heavy atom. The normalized spacial score (nSPS) is 11.5. The Morgan fingerprint density at radius 1 is 1.00 bits per heavy atom. The van der Waals surface area contributed by atoms with Gasteiger partial charge in [0.15, 0.2) is 0 Å². The molecule has 23 heavy (non-hydrogen) atoms. The molecule has 0 aliphatic heterocycles. The molecule has 2 rings (SSSR count). The van der Waals surface area contributed by atoms with Gasteiger partial charge < -0.3 is 14.8 Å². The summed E-state index contributed by atoms with van der Waals surface area (Å²) in [5.74, 6) is 0. The average Bonchev–Trinajstić information content (AvgIpc) is 2.61. The number of rotatable bonds is 8. The molecule has 0 heterocycles. The molecule has 4 heteroatoms. The van der Waals surface area contributed by atoms with Crippen molar-refractivity contribution in [3.05, 3.63) is 84.4 Å². The fraction of sp³-hybridized carbons (Fsp3) is 0.211. The highest BCUT2D eigenvalue weighted by atomic mass is 16.5. The topological polar surface area (TPSA) is 47.6 Å². The van der Waals surface area contributed by atoms with Gasteiger partial charge in [0, 0.05) is 0 Å². The molecule has 0 aliphatic rings. The van der Waals surface area contributed by atoms with Gasteiger partial charge in [0.25, 0.3) is 0 Å². The maximum absolute atomic E-state index is 11.8. The van der Waals surface area contributed by atoms with Gasteiger partial charge in [-0.05, 0) is 11.1 Å². The Balaban J connectivity index is 1.69. The molecule has 0 fully saturated rings. The predicted molar refractivity (Wildman–Crippen MR) is 89.8 cm³/mol. The van der Waals surface area contributed by atoms with Crippen molar-refractivity contribution in [2.24, 2.45) is 0 Å². The van der Waals surface area contributed by atoms with Crippen LogP contribution < -0.4 is 5.32 Å². The number of nitrogens with one attached hydrogen (secondary N) is 1. The van der Waals surface area contributed by atoms with Crippen LogP contribution in [-0.2, 0) is 22.7 Å². The molecule has 0 aliphatic carbocycles. The number of carbonyl (C=O) groups excluding carboxylic acids is 1. The predicted octanol–water partition coefficient (Wildman–Crippen LogP) is 3.68. The van der Waals surface area contributed by atoms with Crippen LogP contribution in [0, 0.1) is 0 Å². The standard InChI is InChI=1S/C19H21NO3/c1-2-18(15-22-13-16-9-5-3-6-10-16)20-19(21)23-14-17-11-7-4-8-12-17/h2-12,18H,1,13-15H2,(H,20,21)/t18-/m0/s1. The smallest absolute Gasteiger partial charge is 0.408 e. The van der Waals surface area contributed by atoms with Gasteiger partial charge in [-0.1, -0.05) is 66.7 Å². The summed E-state index contributed by atoms with van der Waals surface area (Å²) in [5.41, 5.74) is 2.03. The second-order valence-corrected chi connectivity index (χ2v) is 5.05. The minimum absolute atomic E-state index is 0.238. The van der Waals surface area contributed by atoms with E-state index in [0.717, 1.165) is 11.1 Å². The molecule has 4 nitrogen and oxygen atoms in total. The molecule has 1 atom stereocenters. The lowest BCUT2D eigenvalue weighted by Crippen LogP contribution is -2.37. The van der Waals surface area contributed by atoms with Crippen molar-refractivity contribution >= 4 is 6.09 Å². The van der Waals surface area contributed by atoms with Crippen molar-refractivity contribution in [1.29, 1.82) is 0 Å². The molecule has 0 spiro atoms. The first-order valence-corrected chi connectivity index (χ1v) is 7.49. The number of amides is 1. The zero-order chi connectivity index (χ0) is 16.3. The van der Waals surface area contributed by atoms with Crippen LogP contribution in [0.5, 0.6) is 0 Å². The van der Waals surface area contributed by atoms with Crippen LogP contribution in [0.4, 0.5) is 4.79 Å². The second-order valence-electron chi connectivity index (χ2n) is 5.05. The Labute approximate surface area is 136 Å². The molecule has 0 unspecified atom stereocenters. The Bertz CT molecular complexity index is 599. The molecule has 0 saturated heterocycles. The first kappa shape index (κ1) is 16.8. The number of hydrogen-bond donors (Lipinski definition) is 1. The van der Waals surface area contributed by atoms with E-state index >= 15 is 0 Å². The van der Waals surface area contributed by atoms with Gasteiger partial charge in [0.05, 0.1) is 19.3 Å². The maximum atomic E-state index is 11.8. The first-order chi connectivity index (χ1) is 11.3. The number of hydrogen-bond acceptors (Lipinski definition) is 3. The van der Waals surface area contributed by atoms with Gasteiger partial charge in [-0.25, -0.2) is 4.79 Å². The summed E-state index contributed by atoms with van der Waals surface area (Å²) in [6.45, 7) is 4.78. The van der Waals surface area contributed by atoms with E-state index in [9.17, 15) is 4.79 Å². The Hall–Kier alpha value is -2.59. The van der Waals surface area contributed by atoms with E-state index in [2.05, 4.69) is 11.9 Å². The summed E-state index contributed by atoms with van der Waals surface area (Å²) in [6.07, 6.45) is 1.15. The molecule has 1 N–H and O–H groups in total. The van der Waals surface area contributed by atoms with Crippen LogP contribution in [0.2, 0.25) is 0 Å². The van der Waals surface area contributed by atoms with Gasteiger partial charge in [0.1, 0.15) is 6.61 Å². The average molecular weight is 311 g/mol. The zero-order valence-corrected chi connectivity index (χ0v) is 13.0. The van der Waals surface area contributed by atoms with E-state index in [0.29, 0.717) is 13.2 Å². The number of alkyl carbamates (subject to hydrolysis) is 1. The van der Waals surface area contributed by atoms with Crippen molar-refractivity contribution in [3.8, 4) is 0 Å². The fourth-order valence-electron chi connectivity index (χ4n) is 1.96. The lowest BCUT2D eigenvalue weighted by atomic mass is 10.2. The third-order valence-corrected chi connectivity index (χ3v) is 3.21. The molecule has 0 aromatic heterocycles. The maximum Gasteiger partial charge on any atom is 0.408 e. The number of benzene rings is 2. The molecular formula is C19H21NO3. The minimum Gasteiger partial charge on any atom is -0.445 e. The van der Waals surface area contributed by atoms with Crippen molar-refractivity contribution in [3.63, 3.8) is 0 Å². The van der Waals surface area contributed by atoms with Crippen molar-refractivity contribution in [2.75, 3.05) is 6.61 Å². The van der Waals surface area contributed by atoms with Crippen LogP contribution >= 0.6 is 0 Å². The lowest BCUT2D eigenvalue weighted by molar-refractivity contribution is 0.0982. The summed E-state index contributed by atoms with van der Waals surface area (Å²) in [4.78, 5) is 11.8. The third-order valence-electron chi connectivity index (χ3n) is 3.21. The first-order valence-electron chi connectivity index (χ1n) is 7.49. The van der Waals surface area contributed by atoms with Crippen LogP contribution in [0.1, 0.15) is 11.1 Å². The van der Waals surface area contributed by atoms with Crippen LogP contribution in [0.3, 0.4) is 0 Å². The monoisotopic (exact) mass is 311 g/mol. The Kier molecular flexibility index (Phi) is 6.88. The molecule has 2 aromatic rings. The van der Waals surface area contributed by atoms with Gasteiger partial charge in [-0.15, -0.1) is 6.58 Å². The summed E-state index contributed by atoms with van der Waals surface area (Å²) >= 11 is 0.